The first-order valence-corrected chi connectivity index (χ1v) is 5.84. The Bertz CT molecular complexity index is 355. The highest BCUT2D eigenvalue weighted by atomic mass is 16.2. The smallest absolute Gasteiger partial charge is 0.231 e. The van der Waals surface area contributed by atoms with Crippen molar-refractivity contribution in [1.29, 1.82) is 0 Å². The normalized spacial score (nSPS) is 24.3. The fourth-order valence-electron chi connectivity index (χ4n) is 2.19. The number of anilines is 1. The largest absolute Gasteiger partial charge is 0.326 e. The number of carbonyl (C=O) groups is 1. The van der Waals surface area contributed by atoms with Gasteiger partial charge in [-0.05, 0) is 31.5 Å². The molecule has 1 aromatic rings. The van der Waals surface area contributed by atoms with Gasteiger partial charge in [0, 0.05) is 12.2 Å². The van der Waals surface area contributed by atoms with Crippen molar-refractivity contribution >= 4 is 11.6 Å². The maximum Gasteiger partial charge on any atom is 0.231 e. The second-order valence-corrected chi connectivity index (χ2v) is 4.38. The van der Waals surface area contributed by atoms with Gasteiger partial charge in [0.2, 0.25) is 5.91 Å². The zero-order valence-electron chi connectivity index (χ0n) is 9.62. The van der Waals surface area contributed by atoms with E-state index in [-0.39, 0.29) is 11.3 Å². The first-order valence-electron chi connectivity index (χ1n) is 5.84. The van der Waals surface area contributed by atoms with E-state index in [9.17, 15) is 4.79 Å². The van der Waals surface area contributed by atoms with Crippen molar-refractivity contribution in [3.63, 3.8) is 0 Å². The summed E-state index contributed by atoms with van der Waals surface area (Å²) in [4.78, 5) is 12.2. The lowest BCUT2D eigenvalue weighted by Gasteiger charge is -2.25. The van der Waals surface area contributed by atoms with E-state index in [1.54, 1.807) is 0 Å². The van der Waals surface area contributed by atoms with Crippen molar-refractivity contribution in [3.8, 4) is 0 Å². The van der Waals surface area contributed by atoms with E-state index in [2.05, 4.69) is 17.6 Å². The number of hydrogen-bond acceptors (Lipinski definition) is 2. The monoisotopic (exact) mass is 218 g/mol. The lowest BCUT2D eigenvalue weighted by molar-refractivity contribution is -0.124. The summed E-state index contributed by atoms with van der Waals surface area (Å²) in [6.07, 6.45) is 1.82. The molecule has 0 radical (unpaired) electrons. The summed E-state index contributed by atoms with van der Waals surface area (Å²) < 4.78 is 0. The second kappa shape index (κ2) is 4.66. The third kappa shape index (κ3) is 2.09. The summed E-state index contributed by atoms with van der Waals surface area (Å²) in [5.74, 6) is 0.145. The molecular formula is C13H18N2O. The zero-order chi connectivity index (χ0) is 11.4. The number of amides is 1. The predicted octanol–water partition coefficient (Wildman–Crippen LogP) is 2.01. The number of rotatable bonds is 3. The molecule has 0 bridgehead atoms. The Morgan fingerprint density at radius 1 is 1.44 bits per heavy atom. The molecular weight excluding hydrogens is 200 g/mol. The molecule has 0 aromatic heterocycles. The van der Waals surface area contributed by atoms with Gasteiger partial charge in [0.15, 0.2) is 0 Å². The predicted molar refractivity (Wildman–Crippen MR) is 65.3 cm³/mol. The van der Waals surface area contributed by atoms with Crippen LogP contribution in [0, 0.1) is 5.41 Å². The Hall–Kier alpha value is -1.35. The number of hydrogen-bond donors (Lipinski definition) is 2. The van der Waals surface area contributed by atoms with Gasteiger partial charge in [-0.25, -0.2) is 0 Å². The van der Waals surface area contributed by atoms with E-state index in [0.29, 0.717) is 0 Å². The van der Waals surface area contributed by atoms with Crippen molar-refractivity contribution in [1.82, 2.24) is 5.32 Å². The first-order chi connectivity index (χ1) is 7.77. The molecule has 0 aliphatic carbocycles. The van der Waals surface area contributed by atoms with E-state index in [1.807, 2.05) is 30.3 Å². The van der Waals surface area contributed by atoms with Gasteiger partial charge in [0.05, 0.1) is 5.41 Å². The molecule has 16 heavy (non-hydrogen) atoms. The molecule has 1 aromatic carbocycles. The van der Waals surface area contributed by atoms with Gasteiger partial charge < -0.3 is 10.6 Å². The minimum atomic E-state index is -0.212. The standard InChI is InChI=1S/C13H18N2O/c1-2-13(8-9-14-10-13)12(16)15-11-6-4-3-5-7-11/h3-7,14H,2,8-10H2,1H3,(H,15,16). The number of para-hydroxylation sites is 1. The fourth-order valence-corrected chi connectivity index (χ4v) is 2.19. The van der Waals surface area contributed by atoms with Crippen LogP contribution in [0.3, 0.4) is 0 Å². The van der Waals surface area contributed by atoms with Gasteiger partial charge in [-0.3, -0.25) is 4.79 Å². The molecule has 1 aliphatic heterocycles. The molecule has 1 saturated heterocycles. The molecule has 0 saturated carbocycles. The van der Waals surface area contributed by atoms with Crippen molar-refractivity contribution in [2.75, 3.05) is 18.4 Å². The van der Waals surface area contributed by atoms with Crippen LogP contribution in [-0.4, -0.2) is 19.0 Å². The molecule has 1 aliphatic rings. The second-order valence-electron chi connectivity index (χ2n) is 4.38. The Kier molecular flexibility index (Phi) is 3.25. The highest BCUT2D eigenvalue weighted by molar-refractivity contribution is 5.95. The van der Waals surface area contributed by atoms with Crippen LogP contribution in [-0.2, 0) is 4.79 Å². The van der Waals surface area contributed by atoms with Crippen molar-refractivity contribution < 1.29 is 4.79 Å². The van der Waals surface area contributed by atoms with Crippen LogP contribution in [0.2, 0.25) is 0 Å². The van der Waals surface area contributed by atoms with E-state index in [1.165, 1.54) is 0 Å². The highest BCUT2D eigenvalue weighted by Gasteiger charge is 2.39. The van der Waals surface area contributed by atoms with Crippen molar-refractivity contribution in [2.45, 2.75) is 19.8 Å². The van der Waals surface area contributed by atoms with Gasteiger partial charge in [0.25, 0.3) is 0 Å². The van der Waals surface area contributed by atoms with Crippen LogP contribution in [0.15, 0.2) is 30.3 Å². The van der Waals surface area contributed by atoms with Gasteiger partial charge in [-0.2, -0.15) is 0 Å². The van der Waals surface area contributed by atoms with Crippen molar-refractivity contribution in [3.05, 3.63) is 30.3 Å². The molecule has 2 rings (SSSR count). The van der Waals surface area contributed by atoms with E-state index >= 15 is 0 Å². The van der Waals surface area contributed by atoms with Crippen LogP contribution < -0.4 is 10.6 Å². The highest BCUT2D eigenvalue weighted by Crippen LogP contribution is 2.30. The third-order valence-electron chi connectivity index (χ3n) is 3.43. The van der Waals surface area contributed by atoms with E-state index in [0.717, 1.165) is 31.6 Å². The van der Waals surface area contributed by atoms with Gasteiger partial charge in [-0.1, -0.05) is 25.1 Å². The zero-order valence-corrected chi connectivity index (χ0v) is 9.62. The van der Waals surface area contributed by atoms with Crippen LogP contribution in [0.4, 0.5) is 5.69 Å². The van der Waals surface area contributed by atoms with Crippen molar-refractivity contribution in [2.24, 2.45) is 5.41 Å². The molecule has 3 heteroatoms. The fraction of sp³-hybridized carbons (Fsp3) is 0.462. The third-order valence-corrected chi connectivity index (χ3v) is 3.43. The number of nitrogens with one attached hydrogen (secondary N) is 2. The maximum absolute atomic E-state index is 12.2. The SMILES string of the molecule is CCC1(C(=O)Nc2ccccc2)CCNC1. The maximum atomic E-state index is 12.2. The van der Waals surface area contributed by atoms with Crippen LogP contribution in [0.1, 0.15) is 19.8 Å². The Morgan fingerprint density at radius 2 is 2.19 bits per heavy atom. The molecule has 0 spiro atoms. The van der Waals surface area contributed by atoms with Gasteiger partial charge >= 0.3 is 0 Å². The summed E-state index contributed by atoms with van der Waals surface area (Å²) in [7, 11) is 0. The molecule has 3 nitrogen and oxygen atoms in total. The number of benzene rings is 1. The lowest BCUT2D eigenvalue weighted by Crippen LogP contribution is -2.37. The molecule has 1 heterocycles. The van der Waals surface area contributed by atoms with E-state index < -0.39 is 0 Å². The van der Waals surface area contributed by atoms with Gasteiger partial charge in [0.1, 0.15) is 0 Å². The van der Waals surface area contributed by atoms with Gasteiger partial charge in [-0.15, -0.1) is 0 Å². The quantitative estimate of drug-likeness (QED) is 0.815. The van der Waals surface area contributed by atoms with E-state index in [4.69, 9.17) is 0 Å². The Labute approximate surface area is 96.2 Å². The summed E-state index contributed by atoms with van der Waals surface area (Å²) >= 11 is 0. The Morgan fingerprint density at radius 3 is 2.75 bits per heavy atom. The first kappa shape index (κ1) is 11.1. The average molecular weight is 218 g/mol. The summed E-state index contributed by atoms with van der Waals surface area (Å²) in [6, 6.07) is 9.65. The molecule has 1 fully saturated rings. The summed E-state index contributed by atoms with van der Waals surface area (Å²) in [6.45, 7) is 3.82. The van der Waals surface area contributed by atoms with Crippen LogP contribution >= 0.6 is 0 Å². The minimum absolute atomic E-state index is 0.145. The summed E-state index contributed by atoms with van der Waals surface area (Å²) in [5, 5.41) is 6.27. The molecule has 1 unspecified atom stereocenters. The molecule has 1 amide bonds. The Balaban J connectivity index is 2.07. The molecule has 1 atom stereocenters. The van der Waals surface area contributed by atoms with Crippen LogP contribution in [0.25, 0.3) is 0 Å². The average Bonchev–Trinajstić information content (AvgIpc) is 2.80. The minimum Gasteiger partial charge on any atom is -0.326 e. The molecule has 86 valence electrons. The molecule has 2 N–H and O–H groups in total. The lowest BCUT2D eigenvalue weighted by atomic mass is 9.83. The summed E-state index contributed by atoms with van der Waals surface area (Å²) in [5.41, 5.74) is 0.669. The number of carbonyl (C=O) groups excluding carboxylic acids is 1. The van der Waals surface area contributed by atoms with Crippen LogP contribution in [0.5, 0.6) is 0 Å². The topological polar surface area (TPSA) is 41.1 Å².